The second kappa shape index (κ2) is 9.30. The SMILES string of the molecule is CC(=O)c1ccc(OCC(=O)Nc2nc(CN3C[C@H](C)C[C@H](C)C3)cs2)cc1. The molecule has 6 nitrogen and oxygen atoms in total. The maximum atomic E-state index is 12.1. The topological polar surface area (TPSA) is 71.5 Å². The number of benzene rings is 1. The number of ether oxygens (including phenoxy) is 1. The Morgan fingerprint density at radius 3 is 2.54 bits per heavy atom. The number of carbonyl (C=O) groups is 2. The quantitative estimate of drug-likeness (QED) is 0.714. The second-order valence-corrected chi connectivity index (χ2v) is 8.56. The van der Waals surface area contributed by atoms with Crippen molar-refractivity contribution in [1.29, 1.82) is 0 Å². The molecule has 0 bridgehead atoms. The lowest BCUT2D eigenvalue weighted by Crippen LogP contribution is -2.38. The highest BCUT2D eigenvalue weighted by molar-refractivity contribution is 7.13. The Hall–Kier alpha value is -2.25. The van der Waals surface area contributed by atoms with Crippen molar-refractivity contribution in [2.75, 3.05) is 25.0 Å². The van der Waals surface area contributed by atoms with E-state index in [-0.39, 0.29) is 18.3 Å². The Labute approximate surface area is 169 Å². The van der Waals surface area contributed by atoms with Crippen molar-refractivity contribution in [2.45, 2.75) is 33.7 Å². The van der Waals surface area contributed by atoms with Gasteiger partial charge in [-0.25, -0.2) is 4.98 Å². The van der Waals surface area contributed by atoms with E-state index in [0.29, 0.717) is 28.3 Å². The molecule has 150 valence electrons. The first-order valence-corrected chi connectivity index (χ1v) is 10.5. The number of hydrogen-bond donors (Lipinski definition) is 1. The largest absolute Gasteiger partial charge is 0.484 e. The fourth-order valence-electron chi connectivity index (χ4n) is 3.68. The number of amides is 1. The molecule has 1 fully saturated rings. The van der Waals surface area contributed by atoms with Gasteiger partial charge >= 0.3 is 0 Å². The van der Waals surface area contributed by atoms with Gasteiger partial charge in [-0.15, -0.1) is 11.3 Å². The summed E-state index contributed by atoms with van der Waals surface area (Å²) in [7, 11) is 0. The Balaban J connectivity index is 1.46. The normalized spacial score (nSPS) is 20.0. The predicted molar refractivity (Wildman–Crippen MR) is 111 cm³/mol. The average Bonchev–Trinajstić information content (AvgIpc) is 3.06. The number of likely N-dealkylation sites (tertiary alicyclic amines) is 1. The Morgan fingerprint density at radius 1 is 1.21 bits per heavy atom. The van der Waals surface area contributed by atoms with Crippen LogP contribution in [0.3, 0.4) is 0 Å². The molecule has 3 rings (SSSR count). The molecule has 0 spiro atoms. The van der Waals surface area contributed by atoms with E-state index in [1.54, 1.807) is 24.3 Å². The average molecular weight is 402 g/mol. The molecular formula is C21H27N3O3S. The zero-order valence-electron chi connectivity index (χ0n) is 16.6. The number of anilines is 1. The number of rotatable bonds is 7. The van der Waals surface area contributed by atoms with E-state index in [1.807, 2.05) is 5.38 Å². The highest BCUT2D eigenvalue weighted by atomic mass is 32.1. The van der Waals surface area contributed by atoms with E-state index < -0.39 is 0 Å². The smallest absolute Gasteiger partial charge is 0.264 e. The molecule has 0 aliphatic carbocycles. The van der Waals surface area contributed by atoms with Crippen molar-refractivity contribution >= 4 is 28.2 Å². The van der Waals surface area contributed by atoms with Gasteiger partial charge in [-0.2, -0.15) is 0 Å². The summed E-state index contributed by atoms with van der Waals surface area (Å²) in [6.07, 6.45) is 1.28. The molecule has 1 aliphatic rings. The lowest BCUT2D eigenvalue weighted by Gasteiger charge is -2.34. The Morgan fingerprint density at radius 2 is 1.89 bits per heavy atom. The fourth-order valence-corrected chi connectivity index (χ4v) is 4.39. The number of piperidine rings is 1. The number of nitrogens with one attached hydrogen (secondary N) is 1. The predicted octanol–water partition coefficient (Wildman–Crippen LogP) is 3.84. The van der Waals surface area contributed by atoms with Crippen LogP contribution in [0.2, 0.25) is 0 Å². The van der Waals surface area contributed by atoms with E-state index in [1.165, 1.54) is 24.7 Å². The summed E-state index contributed by atoms with van der Waals surface area (Å²) in [5, 5.41) is 5.38. The number of Topliss-reactive ketones (excluding diaryl/α,β-unsaturated/α-hetero) is 1. The summed E-state index contributed by atoms with van der Waals surface area (Å²) >= 11 is 1.43. The third kappa shape index (κ3) is 5.87. The maximum Gasteiger partial charge on any atom is 0.264 e. The number of ketones is 1. The van der Waals surface area contributed by atoms with Gasteiger partial charge in [-0.1, -0.05) is 13.8 Å². The fraction of sp³-hybridized carbons (Fsp3) is 0.476. The maximum absolute atomic E-state index is 12.1. The minimum absolute atomic E-state index is 0.00247. The molecule has 0 radical (unpaired) electrons. The van der Waals surface area contributed by atoms with Gasteiger partial charge < -0.3 is 4.74 Å². The van der Waals surface area contributed by atoms with E-state index >= 15 is 0 Å². The van der Waals surface area contributed by atoms with Gasteiger partial charge in [0.15, 0.2) is 17.5 Å². The van der Waals surface area contributed by atoms with Crippen LogP contribution in [0.25, 0.3) is 0 Å². The minimum Gasteiger partial charge on any atom is -0.484 e. The lowest BCUT2D eigenvalue weighted by atomic mass is 9.92. The van der Waals surface area contributed by atoms with Crippen LogP contribution in [0.5, 0.6) is 5.75 Å². The molecule has 2 atom stereocenters. The van der Waals surface area contributed by atoms with E-state index in [2.05, 4.69) is 29.0 Å². The van der Waals surface area contributed by atoms with Gasteiger partial charge in [-0.3, -0.25) is 19.8 Å². The number of aromatic nitrogens is 1. The zero-order valence-corrected chi connectivity index (χ0v) is 17.4. The first-order chi connectivity index (χ1) is 13.4. The highest BCUT2D eigenvalue weighted by Gasteiger charge is 2.22. The summed E-state index contributed by atoms with van der Waals surface area (Å²) in [4.78, 5) is 30.4. The summed E-state index contributed by atoms with van der Waals surface area (Å²) in [5.41, 5.74) is 1.60. The summed E-state index contributed by atoms with van der Waals surface area (Å²) in [6.45, 7) is 9.01. The van der Waals surface area contributed by atoms with Gasteiger partial charge in [0.2, 0.25) is 0 Å². The van der Waals surface area contributed by atoms with Crippen LogP contribution in [-0.2, 0) is 11.3 Å². The highest BCUT2D eigenvalue weighted by Crippen LogP contribution is 2.24. The molecule has 1 N–H and O–H groups in total. The van der Waals surface area contributed by atoms with Crippen molar-refractivity contribution in [2.24, 2.45) is 11.8 Å². The van der Waals surface area contributed by atoms with Gasteiger partial charge in [-0.05, 0) is 49.4 Å². The molecule has 1 aromatic carbocycles. The molecule has 1 aromatic heterocycles. The summed E-state index contributed by atoms with van der Waals surface area (Å²) < 4.78 is 5.47. The summed E-state index contributed by atoms with van der Waals surface area (Å²) in [5.74, 6) is 1.72. The number of nitrogens with zero attached hydrogens (tertiary/aromatic N) is 2. The van der Waals surface area contributed by atoms with E-state index in [0.717, 1.165) is 25.3 Å². The van der Waals surface area contributed by atoms with Crippen LogP contribution >= 0.6 is 11.3 Å². The van der Waals surface area contributed by atoms with Gasteiger partial charge in [0.1, 0.15) is 5.75 Å². The molecule has 1 aliphatic heterocycles. The van der Waals surface area contributed by atoms with Crippen LogP contribution in [0.4, 0.5) is 5.13 Å². The van der Waals surface area contributed by atoms with Crippen molar-refractivity contribution in [3.8, 4) is 5.75 Å². The van der Waals surface area contributed by atoms with Crippen LogP contribution < -0.4 is 10.1 Å². The molecule has 0 saturated carbocycles. The van der Waals surface area contributed by atoms with Gasteiger partial charge in [0.05, 0.1) is 5.69 Å². The van der Waals surface area contributed by atoms with E-state index in [9.17, 15) is 9.59 Å². The van der Waals surface area contributed by atoms with Crippen molar-refractivity contribution in [1.82, 2.24) is 9.88 Å². The van der Waals surface area contributed by atoms with Crippen LogP contribution in [0.15, 0.2) is 29.6 Å². The molecule has 1 saturated heterocycles. The molecule has 28 heavy (non-hydrogen) atoms. The molecule has 0 unspecified atom stereocenters. The van der Waals surface area contributed by atoms with Crippen LogP contribution in [0.1, 0.15) is 43.2 Å². The van der Waals surface area contributed by atoms with Crippen molar-refractivity contribution in [3.05, 3.63) is 40.9 Å². The van der Waals surface area contributed by atoms with Crippen LogP contribution in [0, 0.1) is 11.8 Å². The molecule has 7 heteroatoms. The van der Waals surface area contributed by atoms with Crippen molar-refractivity contribution < 1.29 is 14.3 Å². The molecule has 2 aromatic rings. The number of hydrogen-bond acceptors (Lipinski definition) is 6. The second-order valence-electron chi connectivity index (χ2n) is 7.70. The molecular weight excluding hydrogens is 374 g/mol. The Kier molecular flexibility index (Phi) is 6.80. The number of carbonyl (C=O) groups excluding carboxylic acids is 2. The first-order valence-electron chi connectivity index (χ1n) is 9.59. The minimum atomic E-state index is -0.253. The lowest BCUT2D eigenvalue weighted by molar-refractivity contribution is -0.118. The zero-order chi connectivity index (χ0) is 20.1. The monoisotopic (exact) mass is 401 g/mol. The first kappa shape index (κ1) is 20.5. The third-order valence-corrected chi connectivity index (χ3v) is 5.57. The Bertz CT molecular complexity index is 809. The standard InChI is InChI=1S/C21H27N3O3S/c1-14-8-15(2)10-24(9-14)11-18-13-28-21(22-18)23-20(26)12-27-19-6-4-17(5-7-19)16(3)25/h4-7,13-15H,8-12H2,1-3H3,(H,22,23,26)/t14-,15+. The number of thiazole rings is 1. The molecule has 1 amide bonds. The third-order valence-electron chi connectivity index (χ3n) is 4.76. The van der Waals surface area contributed by atoms with Gasteiger partial charge in [0.25, 0.3) is 5.91 Å². The van der Waals surface area contributed by atoms with Crippen molar-refractivity contribution in [3.63, 3.8) is 0 Å². The summed E-state index contributed by atoms with van der Waals surface area (Å²) in [6, 6.07) is 6.74. The van der Waals surface area contributed by atoms with Crippen LogP contribution in [-0.4, -0.2) is 41.3 Å². The van der Waals surface area contributed by atoms with Gasteiger partial charge in [0, 0.05) is 30.6 Å². The molecule has 2 heterocycles. The van der Waals surface area contributed by atoms with E-state index in [4.69, 9.17) is 4.74 Å².